The third-order valence-corrected chi connectivity index (χ3v) is 4.55. The summed E-state index contributed by atoms with van der Waals surface area (Å²) in [6.45, 7) is 0.597. The van der Waals surface area contributed by atoms with Gasteiger partial charge in [-0.1, -0.05) is 31.4 Å². The average Bonchev–Trinajstić information content (AvgIpc) is 2.53. The fraction of sp³-hybridized carbons (Fsp3) is 0.471. The van der Waals surface area contributed by atoms with E-state index in [1.807, 2.05) is 24.3 Å². The van der Waals surface area contributed by atoms with Gasteiger partial charge in [0.05, 0.1) is 5.52 Å². The van der Waals surface area contributed by atoms with Gasteiger partial charge in [-0.05, 0) is 30.9 Å². The van der Waals surface area contributed by atoms with E-state index >= 15 is 0 Å². The van der Waals surface area contributed by atoms with Gasteiger partial charge in [-0.25, -0.2) is 0 Å². The van der Waals surface area contributed by atoms with Crippen molar-refractivity contribution in [1.29, 1.82) is 0 Å². The van der Waals surface area contributed by atoms with Crippen molar-refractivity contribution in [2.45, 2.75) is 38.1 Å². The first-order valence-corrected chi connectivity index (χ1v) is 7.86. The highest BCUT2D eigenvalue weighted by Gasteiger charge is 2.22. The van der Waals surface area contributed by atoms with Crippen LogP contribution >= 0.6 is 0 Å². The van der Waals surface area contributed by atoms with E-state index < -0.39 is 0 Å². The summed E-state index contributed by atoms with van der Waals surface area (Å²) in [5, 5.41) is 4.18. The zero-order valence-corrected chi connectivity index (χ0v) is 12.3. The summed E-state index contributed by atoms with van der Waals surface area (Å²) in [5.41, 5.74) is 6.86. The standard InChI is InChI=1S/C17H23N3O/c18-11-15(12-6-2-1-3-7-12)20-17-10-16(21)13-8-4-5-9-14(13)19-17/h4-5,8-10,12,15H,1-3,6-7,11,18H2,(H2,19,20,21). The molecule has 1 unspecified atom stereocenters. The first-order chi connectivity index (χ1) is 10.3. The monoisotopic (exact) mass is 285 g/mol. The first-order valence-electron chi connectivity index (χ1n) is 7.86. The van der Waals surface area contributed by atoms with Gasteiger partial charge in [-0.2, -0.15) is 0 Å². The van der Waals surface area contributed by atoms with E-state index in [1.165, 1.54) is 32.1 Å². The molecule has 0 bridgehead atoms. The van der Waals surface area contributed by atoms with E-state index in [9.17, 15) is 4.79 Å². The Hall–Kier alpha value is -1.81. The molecule has 1 aromatic heterocycles. The summed E-state index contributed by atoms with van der Waals surface area (Å²) in [7, 11) is 0. The Bertz CT molecular complexity index is 658. The third-order valence-electron chi connectivity index (χ3n) is 4.55. The fourth-order valence-corrected chi connectivity index (χ4v) is 3.38. The first kappa shape index (κ1) is 14.1. The van der Waals surface area contributed by atoms with Crippen LogP contribution in [0.15, 0.2) is 35.1 Å². The number of anilines is 1. The minimum Gasteiger partial charge on any atom is -0.367 e. The molecule has 4 heteroatoms. The topological polar surface area (TPSA) is 70.9 Å². The molecule has 1 heterocycles. The van der Waals surface area contributed by atoms with Crippen molar-refractivity contribution >= 4 is 16.7 Å². The summed E-state index contributed by atoms with van der Waals surface area (Å²) in [5.74, 6) is 1.39. The zero-order chi connectivity index (χ0) is 14.7. The molecule has 4 nitrogen and oxygen atoms in total. The third kappa shape index (κ3) is 3.10. The number of para-hydroxylation sites is 1. The maximum absolute atomic E-state index is 12.2. The minimum atomic E-state index is 0.0475. The van der Waals surface area contributed by atoms with E-state index in [1.54, 1.807) is 6.07 Å². The molecule has 1 aromatic carbocycles. The maximum atomic E-state index is 12.2. The lowest BCUT2D eigenvalue weighted by molar-refractivity contribution is 0.320. The van der Waals surface area contributed by atoms with Crippen LogP contribution in [0.3, 0.4) is 0 Å². The second-order valence-electron chi connectivity index (χ2n) is 5.98. The van der Waals surface area contributed by atoms with Crippen molar-refractivity contribution in [2.24, 2.45) is 11.7 Å². The molecule has 4 N–H and O–H groups in total. The van der Waals surface area contributed by atoms with E-state index in [-0.39, 0.29) is 11.5 Å². The summed E-state index contributed by atoms with van der Waals surface area (Å²) in [6, 6.07) is 9.48. The molecule has 1 fully saturated rings. The van der Waals surface area contributed by atoms with Crippen LogP contribution in [0, 0.1) is 5.92 Å². The van der Waals surface area contributed by atoms with Gasteiger partial charge in [-0.15, -0.1) is 0 Å². The Morgan fingerprint density at radius 3 is 2.76 bits per heavy atom. The number of aromatic amines is 1. The smallest absolute Gasteiger partial charge is 0.191 e. The quantitative estimate of drug-likeness (QED) is 0.809. The molecule has 1 atom stereocenters. The molecule has 112 valence electrons. The average molecular weight is 285 g/mol. The van der Waals surface area contributed by atoms with Gasteiger partial charge in [0, 0.05) is 24.0 Å². The molecular formula is C17H23N3O. The molecule has 1 aliphatic carbocycles. The molecule has 2 aromatic rings. The van der Waals surface area contributed by atoms with Gasteiger partial charge < -0.3 is 16.0 Å². The van der Waals surface area contributed by atoms with Crippen molar-refractivity contribution in [1.82, 2.24) is 4.98 Å². The largest absolute Gasteiger partial charge is 0.367 e. The van der Waals surface area contributed by atoms with Crippen LogP contribution in [0.4, 0.5) is 5.82 Å². The van der Waals surface area contributed by atoms with Gasteiger partial charge >= 0.3 is 0 Å². The van der Waals surface area contributed by atoms with Gasteiger partial charge in [-0.3, -0.25) is 4.79 Å². The number of benzene rings is 1. The molecule has 0 amide bonds. The van der Waals surface area contributed by atoms with Crippen LogP contribution in [0.2, 0.25) is 0 Å². The van der Waals surface area contributed by atoms with Crippen LogP contribution in [0.25, 0.3) is 10.9 Å². The number of nitrogens with two attached hydrogens (primary N) is 1. The lowest BCUT2D eigenvalue weighted by Gasteiger charge is -2.30. The molecule has 0 spiro atoms. The number of aromatic nitrogens is 1. The zero-order valence-electron chi connectivity index (χ0n) is 12.3. The Kier molecular flexibility index (Phi) is 4.25. The van der Waals surface area contributed by atoms with Crippen molar-refractivity contribution in [3.63, 3.8) is 0 Å². The fourth-order valence-electron chi connectivity index (χ4n) is 3.38. The van der Waals surface area contributed by atoms with Crippen LogP contribution < -0.4 is 16.5 Å². The highest BCUT2D eigenvalue weighted by Crippen LogP contribution is 2.27. The highest BCUT2D eigenvalue weighted by atomic mass is 16.1. The van der Waals surface area contributed by atoms with Gasteiger partial charge in [0.25, 0.3) is 0 Å². The predicted molar refractivity (Wildman–Crippen MR) is 87.6 cm³/mol. The molecule has 0 saturated heterocycles. The molecule has 0 radical (unpaired) electrons. The van der Waals surface area contributed by atoms with E-state index in [2.05, 4.69) is 10.3 Å². The van der Waals surface area contributed by atoms with Crippen molar-refractivity contribution in [3.05, 3.63) is 40.6 Å². The molecule has 0 aliphatic heterocycles. The van der Waals surface area contributed by atoms with Gasteiger partial charge in [0.15, 0.2) is 5.43 Å². The molecule has 1 saturated carbocycles. The number of hydrogen-bond donors (Lipinski definition) is 3. The number of rotatable bonds is 4. The van der Waals surface area contributed by atoms with Crippen molar-refractivity contribution < 1.29 is 0 Å². The second-order valence-corrected chi connectivity index (χ2v) is 5.98. The number of pyridine rings is 1. The van der Waals surface area contributed by atoms with Crippen LogP contribution in [0.5, 0.6) is 0 Å². The second kappa shape index (κ2) is 6.31. The van der Waals surface area contributed by atoms with Gasteiger partial charge in [0.1, 0.15) is 5.82 Å². The minimum absolute atomic E-state index is 0.0475. The van der Waals surface area contributed by atoms with Crippen LogP contribution in [0.1, 0.15) is 32.1 Å². The molecule has 21 heavy (non-hydrogen) atoms. The lowest BCUT2D eigenvalue weighted by Crippen LogP contribution is -2.37. The van der Waals surface area contributed by atoms with Gasteiger partial charge in [0.2, 0.25) is 0 Å². The predicted octanol–water partition coefficient (Wildman–Crippen LogP) is 2.85. The van der Waals surface area contributed by atoms with E-state index in [0.29, 0.717) is 12.5 Å². The Labute approximate surface area is 124 Å². The molecule has 1 aliphatic rings. The maximum Gasteiger partial charge on any atom is 0.191 e. The lowest BCUT2D eigenvalue weighted by atomic mass is 9.84. The Morgan fingerprint density at radius 2 is 2.00 bits per heavy atom. The number of hydrogen-bond acceptors (Lipinski definition) is 3. The number of fused-ring (bicyclic) bond motifs is 1. The Morgan fingerprint density at radius 1 is 1.24 bits per heavy atom. The Balaban J connectivity index is 1.84. The van der Waals surface area contributed by atoms with Crippen LogP contribution in [-0.2, 0) is 0 Å². The summed E-state index contributed by atoms with van der Waals surface area (Å²) in [6.07, 6.45) is 6.37. The molecule has 3 rings (SSSR count). The summed E-state index contributed by atoms with van der Waals surface area (Å²) >= 11 is 0. The van der Waals surface area contributed by atoms with Crippen molar-refractivity contribution in [2.75, 3.05) is 11.9 Å². The highest BCUT2D eigenvalue weighted by molar-refractivity contribution is 5.79. The van der Waals surface area contributed by atoms with Crippen LogP contribution in [-0.4, -0.2) is 17.6 Å². The summed E-state index contributed by atoms with van der Waals surface area (Å²) < 4.78 is 0. The van der Waals surface area contributed by atoms with E-state index in [0.717, 1.165) is 16.7 Å². The number of H-pyrrole nitrogens is 1. The summed E-state index contributed by atoms with van der Waals surface area (Å²) in [4.78, 5) is 15.5. The van der Waals surface area contributed by atoms with Crippen molar-refractivity contribution in [3.8, 4) is 0 Å². The van der Waals surface area contributed by atoms with E-state index in [4.69, 9.17) is 5.73 Å². The SMILES string of the molecule is NCC(Nc1cc(=O)c2ccccc2[nH]1)C1CCCCC1. The number of nitrogens with one attached hydrogen (secondary N) is 2. The normalized spacial score (nSPS) is 17.8. The molecular weight excluding hydrogens is 262 g/mol.